The third-order valence-electron chi connectivity index (χ3n) is 4.49. The Kier molecular flexibility index (Phi) is 5.27. The van der Waals surface area contributed by atoms with Gasteiger partial charge in [0.15, 0.2) is 0 Å². The molecule has 0 bridgehead atoms. The fourth-order valence-corrected chi connectivity index (χ4v) is 5.33. The van der Waals surface area contributed by atoms with Gasteiger partial charge in [0.2, 0.25) is 0 Å². The molecule has 1 aromatic rings. The fraction of sp³-hybridized carbons (Fsp3) is 0.588. The van der Waals surface area contributed by atoms with E-state index in [0.29, 0.717) is 5.92 Å². The molecule has 0 spiro atoms. The van der Waals surface area contributed by atoms with Crippen LogP contribution in [-0.2, 0) is 10.8 Å². The van der Waals surface area contributed by atoms with Crippen molar-refractivity contribution in [1.29, 1.82) is 5.26 Å². The van der Waals surface area contributed by atoms with E-state index < -0.39 is 10.8 Å². The molecule has 114 valence electrons. The van der Waals surface area contributed by atoms with E-state index in [1.165, 1.54) is 0 Å². The van der Waals surface area contributed by atoms with Crippen molar-refractivity contribution >= 4 is 26.7 Å². The Bertz CT molecular complexity index is 573. The van der Waals surface area contributed by atoms with Crippen LogP contribution >= 0.6 is 15.9 Å². The van der Waals surface area contributed by atoms with E-state index in [1.54, 1.807) is 0 Å². The lowest BCUT2D eigenvalue weighted by Crippen LogP contribution is -2.37. The normalized spacial score (nSPS) is 27.9. The predicted molar refractivity (Wildman–Crippen MR) is 90.2 cm³/mol. The number of halogens is 1. The minimum absolute atomic E-state index is 0.0534. The molecule has 1 fully saturated rings. The molecule has 2 nitrogen and oxygen atoms in total. The van der Waals surface area contributed by atoms with Crippen LogP contribution in [0.4, 0.5) is 0 Å². The van der Waals surface area contributed by atoms with Gasteiger partial charge in [-0.3, -0.25) is 4.21 Å². The maximum Gasteiger partial charge on any atom is 0.0668 e. The van der Waals surface area contributed by atoms with Crippen molar-refractivity contribution < 1.29 is 4.21 Å². The van der Waals surface area contributed by atoms with Gasteiger partial charge in [-0.1, -0.05) is 42.8 Å². The second-order valence-electron chi connectivity index (χ2n) is 6.90. The average molecular weight is 368 g/mol. The van der Waals surface area contributed by atoms with Crippen molar-refractivity contribution in [3.63, 3.8) is 0 Å². The summed E-state index contributed by atoms with van der Waals surface area (Å²) in [4.78, 5) is 0.823. The summed E-state index contributed by atoms with van der Waals surface area (Å²) < 4.78 is 13.9. The van der Waals surface area contributed by atoms with E-state index in [-0.39, 0.29) is 16.6 Å². The average Bonchev–Trinajstić information content (AvgIpc) is 2.44. The fourth-order valence-electron chi connectivity index (χ4n) is 3.07. The molecule has 1 saturated carbocycles. The molecule has 21 heavy (non-hydrogen) atoms. The molecule has 1 aromatic carbocycles. The number of nitriles is 1. The topological polar surface area (TPSA) is 40.9 Å². The Hall–Kier alpha value is -0.660. The van der Waals surface area contributed by atoms with Gasteiger partial charge in [-0.25, -0.2) is 0 Å². The van der Waals surface area contributed by atoms with E-state index in [1.807, 2.05) is 24.3 Å². The molecule has 0 aliphatic heterocycles. The first kappa shape index (κ1) is 16.7. The maximum atomic E-state index is 12.9. The summed E-state index contributed by atoms with van der Waals surface area (Å²) in [5, 5.41) is 9.35. The molecule has 4 atom stereocenters. The number of benzene rings is 1. The second kappa shape index (κ2) is 6.62. The molecule has 0 radical (unpaired) electrons. The van der Waals surface area contributed by atoms with Gasteiger partial charge in [-0.2, -0.15) is 5.26 Å². The zero-order valence-corrected chi connectivity index (χ0v) is 15.2. The zero-order valence-electron chi connectivity index (χ0n) is 12.8. The van der Waals surface area contributed by atoms with Gasteiger partial charge in [0, 0.05) is 9.37 Å². The van der Waals surface area contributed by atoms with Gasteiger partial charge < -0.3 is 0 Å². The third kappa shape index (κ3) is 3.96. The number of nitrogens with zero attached hydrogens (tertiary/aromatic N) is 1. The molecule has 0 N–H and O–H groups in total. The lowest BCUT2D eigenvalue weighted by Gasteiger charge is -2.39. The Balaban J connectivity index is 2.25. The van der Waals surface area contributed by atoms with Crippen LogP contribution in [0.25, 0.3) is 0 Å². The van der Waals surface area contributed by atoms with Crippen molar-refractivity contribution in [3.05, 3.63) is 28.7 Å². The van der Waals surface area contributed by atoms with Crippen LogP contribution in [0.15, 0.2) is 33.6 Å². The molecule has 1 aliphatic carbocycles. The SMILES string of the molecule is CC(C)(C)C1CCC(C#N)C(S(=O)c2cccc(Br)c2)C1. The van der Waals surface area contributed by atoms with Gasteiger partial charge >= 0.3 is 0 Å². The lowest BCUT2D eigenvalue weighted by atomic mass is 9.70. The Morgan fingerprint density at radius 3 is 2.62 bits per heavy atom. The van der Waals surface area contributed by atoms with Crippen LogP contribution in [0, 0.1) is 28.6 Å². The summed E-state index contributed by atoms with van der Waals surface area (Å²) in [5.41, 5.74) is 0.208. The van der Waals surface area contributed by atoms with Gasteiger partial charge in [0.05, 0.1) is 28.0 Å². The predicted octanol–water partition coefficient (Wildman–Crippen LogP) is 4.91. The second-order valence-corrected chi connectivity index (χ2v) is 9.49. The van der Waals surface area contributed by atoms with Crippen LogP contribution in [0.5, 0.6) is 0 Å². The van der Waals surface area contributed by atoms with Crippen LogP contribution in [0.1, 0.15) is 40.0 Å². The Morgan fingerprint density at radius 2 is 2.05 bits per heavy atom. The largest absolute Gasteiger partial charge is 0.254 e. The minimum atomic E-state index is -1.12. The maximum absolute atomic E-state index is 12.9. The first-order valence-electron chi connectivity index (χ1n) is 7.38. The van der Waals surface area contributed by atoms with E-state index in [2.05, 4.69) is 42.8 Å². The first-order valence-corrected chi connectivity index (χ1v) is 9.39. The van der Waals surface area contributed by atoms with E-state index in [4.69, 9.17) is 0 Å². The summed E-state index contributed by atoms with van der Waals surface area (Å²) in [6.07, 6.45) is 2.80. The highest BCUT2D eigenvalue weighted by Gasteiger charge is 2.39. The molecular weight excluding hydrogens is 346 g/mol. The number of hydrogen-bond acceptors (Lipinski definition) is 2. The Labute approximate surface area is 138 Å². The molecule has 0 amide bonds. The van der Waals surface area contributed by atoms with Gasteiger partial charge in [-0.05, 0) is 48.8 Å². The third-order valence-corrected chi connectivity index (χ3v) is 6.77. The van der Waals surface area contributed by atoms with Crippen LogP contribution in [0.2, 0.25) is 0 Å². The van der Waals surface area contributed by atoms with Crippen molar-refractivity contribution in [3.8, 4) is 6.07 Å². The van der Waals surface area contributed by atoms with Crippen LogP contribution in [0.3, 0.4) is 0 Å². The quantitative estimate of drug-likeness (QED) is 0.744. The monoisotopic (exact) mass is 367 g/mol. The lowest BCUT2D eigenvalue weighted by molar-refractivity contribution is 0.167. The molecule has 1 aliphatic rings. The standard InChI is InChI=1S/C17H22BrNOS/c1-17(2,3)13-8-7-12(11-19)16(9-13)21(20)15-6-4-5-14(18)10-15/h4-6,10,12-13,16H,7-9H2,1-3H3. The van der Waals surface area contributed by atoms with Crippen LogP contribution in [-0.4, -0.2) is 9.46 Å². The van der Waals surface area contributed by atoms with Crippen LogP contribution < -0.4 is 0 Å². The van der Waals surface area contributed by atoms with Gasteiger partial charge in [0.25, 0.3) is 0 Å². The van der Waals surface area contributed by atoms with Gasteiger partial charge in [-0.15, -0.1) is 0 Å². The molecule has 0 saturated heterocycles. The smallest absolute Gasteiger partial charge is 0.0668 e. The zero-order chi connectivity index (χ0) is 15.6. The van der Waals surface area contributed by atoms with E-state index >= 15 is 0 Å². The number of hydrogen-bond donors (Lipinski definition) is 0. The molecule has 0 heterocycles. The van der Waals surface area contributed by atoms with E-state index in [9.17, 15) is 9.47 Å². The summed E-state index contributed by atoms with van der Waals surface area (Å²) in [6, 6.07) is 10.0. The number of rotatable bonds is 2. The minimum Gasteiger partial charge on any atom is -0.254 e. The molecule has 4 heteroatoms. The van der Waals surface area contributed by atoms with E-state index in [0.717, 1.165) is 28.6 Å². The van der Waals surface area contributed by atoms with Crippen molar-refractivity contribution in [2.75, 3.05) is 0 Å². The molecular formula is C17H22BrNOS. The summed E-state index contributed by atoms with van der Waals surface area (Å²) in [5.74, 6) is 0.437. The highest BCUT2D eigenvalue weighted by molar-refractivity contribution is 9.10. The summed E-state index contributed by atoms with van der Waals surface area (Å²) in [7, 11) is -1.12. The molecule has 2 rings (SSSR count). The molecule has 4 unspecified atom stereocenters. The summed E-state index contributed by atoms with van der Waals surface area (Å²) >= 11 is 3.43. The highest BCUT2D eigenvalue weighted by Crippen LogP contribution is 2.42. The first-order chi connectivity index (χ1) is 9.82. The highest BCUT2D eigenvalue weighted by atomic mass is 79.9. The van der Waals surface area contributed by atoms with Gasteiger partial charge in [0.1, 0.15) is 0 Å². The van der Waals surface area contributed by atoms with Crippen molar-refractivity contribution in [2.45, 2.75) is 50.2 Å². The summed E-state index contributed by atoms with van der Waals surface area (Å²) in [6.45, 7) is 6.72. The molecule has 0 aromatic heterocycles. The Morgan fingerprint density at radius 1 is 1.33 bits per heavy atom. The van der Waals surface area contributed by atoms with Crippen molar-refractivity contribution in [2.24, 2.45) is 17.3 Å². The van der Waals surface area contributed by atoms with Crippen molar-refractivity contribution in [1.82, 2.24) is 0 Å².